The molecule has 2 aromatic carbocycles. The van der Waals surface area contributed by atoms with Gasteiger partial charge in [-0.2, -0.15) is 5.10 Å². The van der Waals surface area contributed by atoms with E-state index in [-0.39, 0.29) is 16.9 Å². The number of anilines is 1. The van der Waals surface area contributed by atoms with E-state index >= 15 is 0 Å². The number of rotatable bonds is 4. The van der Waals surface area contributed by atoms with Gasteiger partial charge in [0.2, 0.25) is 0 Å². The lowest BCUT2D eigenvalue weighted by atomic mass is 9.87. The molecule has 0 spiro atoms. The van der Waals surface area contributed by atoms with Gasteiger partial charge < -0.3 is 10.0 Å². The number of allylic oxidation sites excluding steroid dienone is 1. The van der Waals surface area contributed by atoms with Gasteiger partial charge in [0.25, 0.3) is 5.91 Å². The molecule has 0 fully saturated rings. The number of benzene rings is 2. The summed E-state index contributed by atoms with van der Waals surface area (Å²) < 4.78 is 1.11. The minimum absolute atomic E-state index is 0.0605. The first-order chi connectivity index (χ1) is 14.0. The van der Waals surface area contributed by atoms with Gasteiger partial charge >= 0.3 is 0 Å². The van der Waals surface area contributed by atoms with E-state index in [9.17, 15) is 9.90 Å². The first-order valence-electron chi connectivity index (χ1n) is 9.66. The summed E-state index contributed by atoms with van der Waals surface area (Å²) in [6.45, 7) is 11.0. The maximum absolute atomic E-state index is 12.4. The van der Waals surface area contributed by atoms with Crippen LogP contribution in [-0.2, 0) is 0 Å². The smallest absolute Gasteiger partial charge is 0.275 e. The van der Waals surface area contributed by atoms with Gasteiger partial charge in [0.15, 0.2) is 0 Å². The van der Waals surface area contributed by atoms with Crippen molar-refractivity contribution in [3.8, 4) is 5.75 Å². The standard InChI is InChI=1S/C23H25Br2N3O2/c1-13(2)28-20-7-6-15(8-17(20)14(3)11-23(28,4)5)12-26-27-22(30)18-9-16(24)10-19(25)21(18)29/h6-13,29H,1-5H3,(H,27,30)/b26-12-. The van der Waals surface area contributed by atoms with E-state index in [2.05, 4.69) is 100 Å². The molecule has 5 nitrogen and oxygen atoms in total. The Balaban J connectivity index is 1.83. The second kappa shape index (κ2) is 8.55. The fourth-order valence-electron chi connectivity index (χ4n) is 4.06. The number of nitrogens with zero attached hydrogens (tertiary/aromatic N) is 2. The summed E-state index contributed by atoms with van der Waals surface area (Å²) in [5.74, 6) is -0.621. The summed E-state index contributed by atoms with van der Waals surface area (Å²) in [5, 5.41) is 14.2. The topological polar surface area (TPSA) is 64.9 Å². The highest BCUT2D eigenvalue weighted by atomic mass is 79.9. The van der Waals surface area contributed by atoms with Crippen LogP contribution in [0.3, 0.4) is 0 Å². The van der Waals surface area contributed by atoms with Crippen LogP contribution in [-0.4, -0.2) is 28.8 Å². The fourth-order valence-corrected chi connectivity index (χ4v) is 5.28. The number of hydrogen-bond donors (Lipinski definition) is 2. The Morgan fingerprint density at radius 3 is 2.60 bits per heavy atom. The van der Waals surface area contributed by atoms with E-state index in [0.29, 0.717) is 15.0 Å². The lowest BCUT2D eigenvalue weighted by molar-refractivity contribution is 0.0952. The summed E-state index contributed by atoms with van der Waals surface area (Å²) >= 11 is 6.54. The Kier molecular flexibility index (Phi) is 6.43. The number of carbonyl (C=O) groups is 1. The first kappa shape index (κ1) is 22.6. The van der Waals surface area contributed by atoms with Crippen molar-refractivity contribution in [2.24, 2.45) is 5.10 Å². The van der Waals surface area contributed by atoms with Crippen molar-refractivity contribution in [1.29, 1.82) is 0 Å². The molecule has 0 saturated heterocycles. The SMILES string of the molecule is CC1=CC(C)(C)N(C(C)C)c2ccc(/C=N\NC(=O)c3cc(Br)cc(Br)c3O)cc21. The molecule has 30 heavy (non-hydrogen) atoms. The molecular weight excluding hydrogens is 510 g/mol. The molecule has 2 N–H and O–H groups in total. The minimum atomic E-state index is -0.493. The maximum Gasteiger partial charge on any atom is 0.275 e. The second-order valence-corrected chi connectivity index (χ2v) is 9.97. The second-order valence-electron chi connectivity index (χ2n) is 8.20. The van der Waals surface area contributed by atoms with Crippen LogP contribution in [0.1, 0.15) is 56.1 Å². The third-order valence-electron chi connectivity index (χ3n) is 5.06. The maximum atomic E-state index is 12.4. The van der Waals surface area contributed by atoms with Crippen LogP contribution >= 0.6 is 31.9 Å². The Labute approximate surface area is 194 Å². The molecule has 3 rings (SSSR count). The van der Waals surface area contributed by atoms with Crippen LogP contribution in [0, 0.1) is 0 Å². The van der Waals surface area contributed by atoms with Gasteiger partial charge in [0.05, 0.1) is 21.8 Å². The number of halogens is 2. The first-order valence-corrected chi connectivity index (χ1v) is 11.2. The van der Waals surface area contributed by atoms with E-state index in [1.54, 1.807) is 18.3 Å². The molecule has 1 amide bonds. The predicted octanol–water partition coefficient (Wildman–Crippen LogP) is 6.09. The third kappa shape index (κ3) is 4.47. The van der Waals surface area contributed by atoms with Crippen LogP contribution < -0.4 is 10.3 Å². The van der Waals surface area contributed by atoms with Crippen molar-refractivity contribution in [1.82, 2.24) is 5.43 Å². The molecule has 7 heteroatoms. The highest BCUT2D eigenvalue weighted by molar-refractivity contribution is 9.11. The van der Waals surface area contributed by atoms with E-state index in [4.69, 9.17) is 0 Å². The molecule has 1 heterocycles. The molecule has 0 aliphatic carbocycles. The number of nitrogens with one attached hydrogen (secondary N) is 1. The van der Waals surface area contributed by atoms with Crippen LogP contribution in [0.25, 0.3) is 5.57 Å². The quantitative estimate of drug-likeness (QED) is 0.368. The minimum Gasteiger partial charge on any atom is -0.506 e. The lowest BCUT2D eigenvalue weighted by Gasteiger charge is -2.46. The van der Waals surface area contributed by atoms with Crippen molar-refractivity contribution in [3.05, 3.63) is 62.0 Å². The molecule has 0 aromatic heterocycles. The zero-order valence-electron chi connectivity index (χ0n) is 17.6. The average Bonchev–Trinajstić information content (AvgIpc) is 2.63. The van der Waals surface area contributed by atoms with Crippen LogP contribution in [0.2, 0.25) is 0 Å². The molecule has 1 aliphatic rings. The van der Waals surface area contributed by atoms with E-state index in [1.807, 2.05) is 6.07 Å². The van der Waals surface area contributed by atoms with Gasteiger partial charge in [-0.05, 0) is 86.0 Å². The summed E-state index contributed by atoms with van der Waals surface area (Å²) in [6.07, 6.45) is 3.89. The van der Waals surface area contributed by atoms with Gasteiger partial charge in [-0.1, -0.05) is 28.1 Å². The monoisotopic (exact) mass is 533 g/mol. The number of aromatic hydroxyl groups is 1. The number of phenols is 1. The Morgan fingerprint density at radius 1 is 1.23 bits per heavy atom. The molecular formula is C23H25Br2N3O2. The molecule has 0 atom stereocenters. The molecule has 0 bridgehead atoms. The summed E-state index contributed by atoms with van der Waals surface area (Å²) in [5.41, 5.74) is 7.00. The number of hydrogen-bond acceptors (Lipinski definition) is 4. The van der Waals surface area contributed by atoms with Gasteiger partial charge in [-0.3, -0.25) is 4.79 Å². The van der Waals surface area contributed by atoms with Crippen molar-refractivity contribution in [3.63, 3.8) is 0 Å². The van der Waals surface area contributed by atoms with Crippen molar-refractivity contribution < 1.29 is 9.90 Å². The predicted molar refractivity (Wildman–Crippen MR) is 130 cm³/mol. The number of amides is 1. The van der Waals surface area contributed by atoms with E-state index < -0.39 is 5.91 Å². The van der Waals surface area contributed by atoms with Crippen LogP contribution in [0.15, 0.2) is 50.5 Å². The normalized spacial score (nSPS) is 15.3. The summed E-state index contributed by atoms with van der Waals surface area (Å²) in [7, 11) is 0. The molecule has 0 radical (unpaired) electrons. The van der Waals surface area contributed by atoms with E-state index in [1.165, 1.54) is 11.3 Å². The Hall–Kier alpha value is -2.12. The lowest BCUT2D eigenvalue weighted by Crippen LogP contribution is -2.49. The molecule has 0 unspecified atom stereocenters. The van der Waals surface area contributed by atoms with E-state index in [0.717, 1.165) is 11.1 Å². The number of carbonyl (C=O) groups excluding carboxylic acids is 1. The van der Waals surface area contributed by atoms with Crippen molar-refractivity contribution in [2.45, 2.75) is 46.2 Å². The van der Waals surface area contributed by atoms with Crippen LogP contribution in [0.4, 0.5) is 5.69 Å². The fraction of sp³-hybridized carbons (Fsp3) is 0.304. The largest absolute Gasteiger partial charge is 0.506 e. The van der Waals surface area contributed by atoms with Gasteiger partial charge in [0, 0.05) is 21.8 Å². The average molecular weight is 535 g/mol. The van der Waals surface area contributed by atoms with Gasteiger partial charge in [0.1, 0.15) is 5.75 Å². The van der Waals surface area contributed by atoms with Gasteiger partial charge in [-0.25, -0.2) is 5.43 Å². The van der Waals surface area contributed by atoms with Crippen molar-refractivity contribution >= 4 is 55.2 Å². The Morgan fingerprint density at radius 2 is 1.93 bits per heavy atom. The highest BCUT2D eigenvalue weighted by Gasteiger charge is 2.32. The zero-order valence-corrected chi connectivity index (χ0v) is 20.8. The summed E-state index contributed by atoms with van der Waals surface area (Å²) in [4.78, 5) is 14.8. The number of phenolic OH excluding ortho intramolecular Hbond substituents is 1. The molecule has 1 aliphatic heterocycles. The number of hydrazone groups is 1. The Bertz CT molecular complexity index is 1060. The highest BCUT2D eigenvalue weighted by Crippen LogP contribution is 2.40. The van der Waals surface area contributed by atoms with Crippen molar-refractivity contribution in [2.75, 3.05) is 4.90 Å². The van der Waals surface area contributed by atoms with Crippen LogP contribution in [0.5, 0.6) is 5.75 Å². The third-order valence-corrected chi connectivity index (χ3v) is 6.13. The van der Waals surface area contributed by atoms with Gasteiger partial charge in [-0.15, -0.1) is 0 Å². The molecule has 158 valence electrons. The number of fused-ring (bicyclic) bond motifs is 1. The molecule has 0 saturated carbocycles. The summed E-state index contributed by atoms with van der Waals surface area (Å²) in [6, 6.07) is 9.74. The zero-order chi connectivity index (χ0) is 22.2. The molecule has 2 aromatic rings.